The summed E-state index contributed by atoms with van der Waals surface area (Å²) in [7, 11) is 4.31. The Labute approximate surface area is 132 Å². The Kier molecular flexibility index (Phi) is 6.22. The van der Waals surface area contributed by atoms with Crippen LogP contribution in [0.3, 0.4) is 0 Å². The molecular formula is C13H18N2O6S. The van der Waals surface area contributed by atoms with Gasteiger partial charge in [0.05, 0.1) is 47.2 Å². The van der Waals surface area contributed by atoms with Crippen LogP contribution in [-0.4, -0.2) is 68.4 Å². The lowest BCUT2D eigenvalue weighted by Gasteiger charge is -2.27. The molecule has 2 atom stereocenters. The Morgan fingerprint density at radius 2 is 1.95 bits per heavy atom. The van der Waals surface area contributed by atoms with Crippen molar-refractivity contribution in [3.8, 4) is 11.8 Å². The van der Waals surface area contributed by atoms with Gasteiger partial charge in [-0.15, -0.1) is 0 Å². The number of aromatic nitrogens is 2. The molecule has 0 radical (unpaired) electrons. The first-order valence-corrected chi connectivity index (χ1v) is 7.46. The fourth-order valence-corrected chi connectivity index (χ4v) is 2.85. The Balaban J connectivity index is 2.20. The largest absolute Gasteiger partial charge is 0.481 e. The Hall–Kier alpha value is -1.58. The average Bonchev–Trinajstić information content (AvgIpc) is 2.59. The SMILES string of the molecule is COC(=O)C(Sc1nc(OC)cc(OC)n1)C1COCCO1. The minimum atomic E-state index is -0.637. The van der Waals surface area contributed by atoms with Crippen LogP contribution in [0.1, 0.15) is 0 Å². The molecule has 9 heteroatoms. The van der Waals surface area contributed by atoms with Crippen molar-refractivity contribution in [2.24, 2.45) is 0 Å². The summed E-state index contributed by atoms with van der Waals surface area (Å²) in [6.07, 6.45) is -0.424. The number of methoxy groups -OCH3 is 3. The number of hydrogen-bond donors (Lipinski definition) is 0. The first-order valence-electron chi connectivity index (χ1n) is 6.58. The number of thioether (sulfide) groups is 1. The van der Waals surface area contributed by atoms with Crippen LogP contribution in [0.4, 0.5) is 0 Å². The maximum atomic E-state index is 12.0. The second-order valence-electron chi connectivity index (χ2n) is 4.28. The Bertz CT molecular complexity index is 487. The summed E-state index contributed by atoms with van der Waals surface area (Å²) in [6, 6.07) is 1.55. The topological polar surface area (TPSA) is 89.0 Å². The Morgan fingerprint density at radius 3 is 2.45 bits per heavy atom. The van der Waals surface area contributed by atoms with Gasteiger partial charge in [0.1, 0.15) is 11.4 Å². The van der Waals surface area contributed by atoms with Crippen LogP contribution >= 0.6 is 11.8 Å². The summed E-state index contributed by atoms with van der Waals surface area (Å²) < 4.78 is 26.0. The fraction of sp³-hybridized carbons (Fsp3) is 0.615. The highest BCUT2D eigenvalue weighted by molar-refractivity contribution is 8.00. The highest BCUT2D eigenvalue weighted by Crippen LogP contribution is 2.29. The second kappa shape index (κ2) is 8.16. The van der Waals surface area contributed by atoms with Crippen LogP contribution in [0, 0.1) is 0 Å². The van der Waals surface area contributed by atoms with E-state index >= 15 is 0 Å². The molecule has 0 bridgehead atoms. The number of hydrogen-bond acceptors (Lipinski definition) is 9. The van der Waals surface area contributed by atoms with E-state index in [0.29, 0.717) is 36.7 Å². The van der Waals surface area contributed by atoms with Gasteiger partial charge in [0.15, 0.2) is 5.16 Å². The molecule has 0 amide bonds. The van der Waals surface area contributed by atoms with E-state index in [1.165, 1.54) is 21.3 Å². The van der Waals surface area contributed by atoms with Gasteiger partial charge in [-0.3, -0.25) is 4.79 Å². The summed E-state index contributed by atoms with van der Waals surface area (Å²) in [5.41, 5.74) is 0. The highest BCUT2D eigenvalue weighted by Gasteiger charge is 2.34. The van der Waals surface area contributed by atoms with E-state index < -0.39 is 17.3 Å². The number of rotatable bonds is 6. The van der Waals surface area contributed by atoms with Crippen LogP contribution < -0.4 is 9.47 Å². The van der Waals surface area contributed by atoms with E-state index in [0.717, 1.165) is 11.8 Å². The van der Waals surface area contributed by atoms with Gasteiger partial charge >= 0.3 is 5.97 Å². The zero-order valence-corrected chi connectivity index (χ0v) is 13.4. The molecule has 0 aromatic carbocycles. The second-order valence-corrected chi connectivity index (χ2v) is 5.39. The molecule has 1 aromatic heterocycles. The normalized spacial score (nSPS) is 19.3. The van der Waals surface area contributed by atoms with Gasteiger partial charge in [-0.1, -0.05) is 11.8 Å². The molecule has 1 fully saturated rings. The summed E-state index contributed by atoms with van der Waals surface area (Å²) in [5, 5.41) is -0.303. The van der Waals surface area contributed by atoms with E-state index in [4.69, 9.17) is 23.7 Å². The molecule has 0 N–H and O–H groups in total. The van der Waals surface area contributed by atoms with Crippen molar-refractivity contribution in [1.29, 1.82) is 0 Å². The van der Waals surface area contributed by atoms with Crippen LogP contribution in [0.2, 0.25) is 0 Å². The predicted octanol–water partition coefficient (Wildman–Crippen LogP) is 0.543. The van der Waals surface area contributed by atoms with Gasteiger partial charge in [0.25, 0.3) is 0 Å². The number of ether oxygens (including phenoxy) is 5. The molecule has 0 saturated carbocycles. The summed E-state index contributed by atoms with van der Waals surface area (Å²) in [5.74, 6) is 0.267. The maximum Gasteiger partial charge on any atom is 0.322 e. The van der Waals surface area contributed by atoms with Crippen LogP contribution in [0.25, 0.3) is 0 Å². The minimum absolute atomic E-state index is 0.313. The third-order valence-electron chi connectivity index (χ3n) is 2.92. The first-order chi connectivity index (χ1) is 10.7. The Morgan fingerprint density at radius 1 is 1.27 bits per heavy atom. The number of carbonyl (C=O) groups excluding carboxylic acids is 1. The lowest BCUT2D eigenvalue weighted by atomic mass is 10.2. The predicted molar refractivity (Wildman–Crippen MR) is 77.4 cm³/mol. The molecule has 1 aliphatic heterocycles. The smallest absolute Gasteiger partial charge is 0.322 e. The van der Waals surface area contributed by atoms with E-state index in [1.807, 2.05) is 0 Å². The summed E-state index contributed by atoms with van der Waals surface area (Å²) >= 11 is 1.13. The lowest BCUT2D eigenvalue weighted by molar-refractivity contribution is -0.148. The van der Waals surface area contributed by atoms with E-state index in [-0.39, 0.29) is 0 Å². The van der Waals surface area contributed by atoms with Crippen molar-refractivity contribution in [3.63, 3.8) is 0 Å². The molecule has 0 aliphatic carbocycles. The summed E-state index contributed by atoms with van der Waals surface area (Å²) in [4.78, 5) is 20.4. The van der Waals surface area contributed by atoms with Gasteiger partial charge in [-0.25, -0.2) is 0 Å². The standard InChI is InChI=1S/C13H18N2O6S/c1-17-9-6-10(18-2)15-13(14-9)22-11(12(16)19-3)8-7-20-4-5-21-8/h6,8,11H,4-5,7H2,1-3H3. The third kappa shape index (κ3) is 4.21. The van der Waals surface area contributed by atoms with Crippen LogP contribution in [-0.2, 0) is 19.0 Å². The van der Waals surface area contributed by atoms with Gasteiger partial charge in [-0.05, 0) is 0 Å². The van der Waals surface area contributed by atoms with E-state index in [9.17, 15) is 4.79 Å². The maximum absolute atomic E-state index is 12.0. The number of carbonyl (C=O) groups is 1. The van der Waals surface area contributed by atoms with Gasteiger partial charge in [0.2, 0.25) is 11.8 Å². The van der Waals surface area contributed by atoms with Crippen molar-refractivity contribution < 1.29 is 28.5 Å². The zero-order chi connectivity index (χ0) is 15.9. The lowest BCUT2D eigenvalue weighted by Crippen LogP contribution is -2.41. The molecule has 2 rings (SSSR count). The highest BCUT2D eigenvalue weighted by atomic mass is 32.2. The average molecular weight is 330 g/mol. The molecular weight excluding hydrogens is 312 g/mol. The van der Waals surface area contributed by atoms with Crippen LogP contribution in [0.5, 0.6) is 11.8 Å². The fourth-order valence-electron chi connectivity index (χ4n) is 1.83. The van der Waals surface area contributed by atoms with Crippen molar-refractivity contribution in [3.05, 3.63) is 6.07 Å². The van der Waals surface area contributed by atoms with Gasteiger partial charge in [-0.2, -0.15) is 9.97 Å². The van der Waals surface area contributed by atoms with Crippen molar-refractivity contribution in [2.45, 2.75) is 16.5 Å². The van der Waals surface area contributed by atoms with Gasteiger partial charge in [0, 0.05) is 0 Å². The van der Waals surface area contributed by atoms with E-state index in [2.05, 4.69) is 9.97 Å². The van der Waals surface area contributed by atoms with Crippen LogP contribution in [0.15, 0.2) is 11.2 Å². The monoisotopic (exact) mass is 330 g/mol. The molecule has 2 heterocycles. The molecule has 1 aromatic rings. The first kappa shape index (κ1) is 16.8. The number of esters is 1. The van der Waals surface area contributed by atoms with Crippen molar-refractivity contribution in [2.75, 3.05) is 41.2 Å². The van der Waals surface area contributed by atoms with Crippen molar-refractivity contribution in [1.82, 2.24) is 9.97 Å². The molecule has 0 spiro atoms. The third-order valence-corrected chi connectivity index (χ3v) is 4.07. The van der Waals surface area contributed by atoms with Gasteiger partial charge < -0.3 is 23.7 Å². The molecule has 122 valence electrons. The molecule has 1 saturated heterocycles. The molecule has 1 aliphatic rings. The molecule has 2 unspecified atom stereocenters. The minimum Gasteiger partial charge on any atom is -0.481 e. The summed E-state index contributed by atoms with van der Waals surface area (Å²) in [6.45, 7) is 1.26. The quantitative estimate of drug-likeness (QED) is 0.421. The number of nitrogens with zero attached hydrogens (tertiary/aromatic N) is 2. The van der Waals surface area contributed by atoms with E-state index in [1.54, 1.807) is 6.07 Å². The molecule has 22 heavy (non-hydrogen) atoms. The molecule has 8 nitrogen and oxygen atoms in total. The van der Waals surface area contributed by atoms with Crippen molar-refractivity contribution >= 4 is 17.7 Å². The zero-order valence-electron chi connectivity index (χ0n) is 12.6.